The number of benzene rings is 5. The van der Waals surface area contributed by atoms with Gasteiger partial charge in [-0.05, 0) is 60.0 Å². The monoisotopic (exact) mass is 1180 g/mol. The molecule has 0 unspecified atom stereocenters. The first kappa shape index (κ1) is 60.6. The van der Waals surface area contributed by atoms with Gasteiger partial charge >= 0.3 is 0 Å². The van der Waals surface area contributed by atoms with Gasteiger partial charge in [-0.1, -0.05) is 34.8 Å². The van der Waals surface area contributed by atoms with Crippen LogP contribution in [-0.4, -0.2) is 88.9 Å². The van der Waals surface area contributed by atoms with Gasteiger partial charge in [0, 0.05) is 39.3 Å². The normalized spacial score (nSPS) is 10.5. The third-order valence-corrected chi connectivity index (χ3v) is 12.4. The summed E-state index contributed by atoms with van der Waals surface area (Å²) in [5.74, 6) is -3.15. The first-order chi connectivity index (χ1) is 38.2. The van der Waals surface area contributed by atoms with Gasteiger partial charge < -0.3 is 52.6 Å². The van der Waals surface area contributed by atoms with Crippen molar-refractivity contribution in [2.75, 3.05) is 64.0 Å². The van der Waals surface area contributed by atoms with Crippen molar-refractivity contribution in [3.8, 4) is 51.7 Å². The van der Waals surface area contributed by atoms with Crippen LogP contribution in [0.25, 0.3) is 53.9 Å². The third kappa shape index (κ3) is 12.8. The van der Waals surface area contributed by atoms with E-state index in [1.807, 2.05) is 0 Å². The lowest BCUT2D eigenvalue weighted by molar-refractivity contribution is 0.386. The van der Waals surface area contributed by atoms with Crippen LogP contribution in [0.1, 0.15) is 0 Å². The summed E-state index contributed by atoms with van der Waals surface area (Å²) in [6, 6.07) is 11.7. The maximum Gasteiger partial charge on any atom is 0.256 e. The largest absolute Gasteiger partial charge is 0.495 e. The molecule has 0 spiro atoms. The molecule has 0 radical (unpaired) electrons. The van der Waals surface area contributed by atoms with Crippen molar-refractivity contribution in [2.24, 2.45) is 0 Å². The summed E-state index contributed by atoms with van der Waals surface area (Å²) in [5.41, 5.74) is -0.665. The Morgan fingerprint density at radius 3 is 1.23 bits per heavy atom. The predicted octanol–water partition coefficient (Wildman–Crippen LogP) is 12.8. The number of methoxy groups -OCH3 is 9. The van der Waals surface area contributed by atoms with Gasteiger partial charge in [-0.3, -0.25) is 9.59 Å². The van der Waals surface area contributed by atoms with Crippen LogP contribution in [0.4, 0.5) is 30.7 Å². The van der Waals surface area contributed by atoms with E-state index < -0.39 is 41.0 Å². The fraction of sp³-hybridized carbons (Fsp3) is 0.167. The van der Waals surface area contributed by atoms with E-state index in [9.17, 15) is 40.3 Å². The van der Waals surface area contributed by atoms with Crippen molar-refractivity contribution in [3.63, 3.8) is 0 Å². The van der Waals surface area contributed by atoms with Gasteiger partial charge in [0.15, 0.2) is 57.8 Å². The number of aromatic amines is 2. The molecular formula is C54H43Cl3F7N5O11. The average molecular weight is 1180 g/mol. The van der Waals surface area contributed by atoms with Gasteiger partial charge in [-0.2, -0.15) is 8.78 Å². The first-order valence-electron chi connectivity index (χ1n) is 22.5. The molecule has 420 valence electrons. The Labute approximate surface area is 463 Å². The summed E-state index contributed by atoms with van der Waals surface area (Å²) in [5, 5.41) is 3.43. The molecule has 5 aromatic heterocycles. The van der Waals surface area contributed by atoms with Crippen LogP contribution in [0, 0.1) is 41.0 Å². The summed E-state index contributed by atoms with van der Waals surface area (Å²) < 4.78 is 139. The van der Waals surface area contributed by atoms with Crippen LogP contribution in [0.5, 0.6) is 51.7 Å². The number of H-pyrrole nitrogens is 2. The number of hydrogen-bond acceptors (Lipinski definition) is 14. The van der Waals surface area contributed by atoms with Gasteiger partial charge in [0.25, 0.3) is 11.1 Å². The zero-order valence-electron chi connectivity index (χ0n) is 43.2. The van der Waals surface area contributed by atoms with E-state index in [1.165, 1.54) is 125 Å². The fourth-order valence-electron chi connectivity index (χ4n) is 7.60. The number of nitrogens with zero attached hydrogens (tertiary/aromatic N) is 3. The summed E-state index contributed by atoms with van der Waals surface area (Å²) in [7, 11) is 12.5. The van der Waals surface area contributed by atoms with Crippen LogP contribution >= 0.6 is 34.8 Å². The Morgan fingerprint density at radius 1 is 0.388 bits per heavy atom. The molecule has 5 heterocycles. The molecule has 0 aliphatic carbocycles. The molecule has 10 rings (SSSR count). The van der Waals surface area contributed by atoms with E-state index in [2.05, 4.69) is 24.9 Å². The maximum absolute atomic E-state index is 13.6. The Morgan fingerprint density at radius 2 is 0.775 bits per heavy atom. The second-order valence-electron chi connectivity index (χ2n) is 15.7. The van der Waals surface area contributed by atoms with Crippen LogP contribution in [-0.2, 0) is 0 Å². The van der Waals surface area contributed by atoms with E-state index in [4.69, 9.17) is 77.4 Å². The first-order valence-corrected chi connectivity index (χ1v) is 23.6. The minimum absolute atomic E-state index is 0.0411. The number of rotatable bonds is 9. The zero-order valence-corrected chi connectivity index (χ0v) is 45.5. The molecule has 0 saturated carbocycles. The van der Waals surface area contributed by atoms with Gasteiger partial charge in [0.2, 0.25) is 11.9 Å². The number of halogens is 10. The minimum atomic E-state index is -0.816. The van der Waals surface area contributed by atoms with Crippen molar-refractivity contribution in [1.29, 1.82) is 0 Å². The molecule has 0 fully saturated rings. The molecule has 10 aromatic rings. The highest BCUT2D eigenvalue weighted by Crippen LogP contribution is 2.42. The minimum Gasteiger partial charge on any atom is -0.495 e. The second kappa shape index (κ2) is 26.8. The van der Waals surface area contributed by atoms with E-state index in [1.54, 1.807) is 6.07 Å². The quantitative estimate of drug-likeness (QED) is 0.103. The molecular weight excluding hydrogens is 1130 g/mol. The van der Waals surface area contributed by atoms with Gasteiger partial charge in [-0.15, -0.1) is 0 Å². The summed E-state index contributed by atoms with van der Waals surface area (Å²) in [6.07, 6.45) is 6.80. The number of hydrogen-bond donors (Lipinski definition) is 2. The Kier molecular flexibility index (Phi) is 20.3. The number of ether oxygens (including phenoxy) is 9. The highest BCUT2D eigenvalue weighted by atomic mass is 35.5. The van der Waals surface area contributed by atoms with Crippen molar-refractivity contribution >= 4 is 88.7 Å². The van der Waals surface area contributed by atoms with Crippen LogP contribution < -0.4 is 53.8 Å². The molecule has 0 aliphatic heterocycles. The van der Waals surface area contributed by atoms with E-state index in [-0.39, 0.29) is 93.5 Å². The lowest BCUT2D eigenvalue weighted by Crippen LogP contribution is -2.07. The van der Waals surface area contributed by atoms with Gasteiger partial charge in [0.05, 0.1) is 114 Å². The average Bonchev–Trinajstić information content (AvgIpc) is 3.57. The topological polar surface area (TPSA) is 187 Å². The van der Waals surface area contributed by atoms with Crippen molar-refractivity contribution in [2.45, 2.75) is 0 Å². The van der Waals surface area contributed by atoms with Crippen molar-refractivity contribution in [1.82, 2.24) is 24.9 Å². The smallest absolute Gasteiger partial charge is 0.256 e. The molecule has 0 amide bonds. The zero-order chi connectivity index (χ0) is 58.7. The lowest BCUT2D eigenvalue weighted by atomic mass is 10.1. The lowest BCUT2D eigenvalue weighted by Gasteiger charge is -2.11. The summed E-state index contributed by atoms with van der Waals surface area (Å²) in [6.45, 7) is 0. The number of nitrogens with one attached hydrogen (secondary N) is 2. The highest BCUT2D eigenvalue weighted by Gasteiger charge is 2.21. The second-order valence-corrected chi connectivity index (χ2v) is 16.9. The Bertz CT molecular complexity index is 3940. The highest BCUT2D eigenvalue weighted by molar-refractivity contribution is 6.38. The standard InChI is InChI=1S/2C11H8ClF2NO2.C11H9ClFNO2.C11H10FNO3.C10H8FNO2/c2*1-16-7-4-15-11(14)5-3-6(13)10(17-2)9(12)8(5)7;1-15-9-4-6-7(3-8(9)13)11(12)14-5-10(6)16-2;1-15-9-4-6-7(3-8(9)12)11(14)13-5-10(6)16-2;1-14-9-4-6-2-3-12-10(13)7(6)5-8(9)11/h2*3-4H,1-2H3;3-5H,1-2H3;3-5H,1-2H3,(H,13,14);2-5H,1H3,(H,12,13). The van der Waals surface area contributed by atoms with E-state index in [0.717, 1.165) is 18.2 Å². The molecule has 0 saturated heterocycles. The fourth-order valence-corrected chi connectivity index (χ4v) is 8.53. The Balaban J connectivity index is 0.000000161. The molecule has 2 N–H and O–H groups in total. The van der Waals surface area contributed by atoms with E-state index >= 15 is 0 Å². The molecule has 80 heavy (non-hydrogen) atoms. The molecule has 16 nitrogen and oxygen atoms in total. The van der Waals surface area contributed by atoms with Crippen LogP contribution in [0.15, 0.2) is 95.2 Å². The summed E-state index contributed by atoms with van der Waals surface area (Å²) >= 11 is 17.8. The van der Waals surface area contributed by atoms with Gasteiger partial charge in [0.1, 0.15) is 28.2 Å². The third-order valence-electron chi connectivity index (χ3n) is 11.4. The van der Waals surface area contributed by atoms with E-state index in [0.29, 0.717) is 38.4 Å². The SMILES string of the molecule is COc1c(F)cc2c(F)ncc(OC)c2c1Cl.COc1c(F)cc2c(F)ncc(OC)c2c1Cl.COc1cc2c(OC)c[nH]c(=O)c2cc1F.COc1cc2c(OC)cnc(Cl)c2cc1F.COc1cc2cc[nH]c(=O)c2cc1F. The predicted molar refractivity (Wildman–Crippen MR) is 288 cm³/mol. The van der Waals surface area contributed by atoms with Crippen molar-refractivity contribution in [3.05, 3.63) is 162 Å². The van der Waals surface area contributed by atoms with Crippen molar-refractivity contribution < 1.29 is 73.4 Å². The Hall–Kier alpha value is -8.67. The van der Waals surface area contributed by atoms with Gasteiger partial charge in [-0.25, -0.2) is 36.9 Å². The maximum atomic E-state index is 13.6. The number of pyridine rings is 5. The molecule has 26 heteroatoms. The molecule has 0 atom stereocenters. The number of fused-ring (bicyclic) bond motifs is 5. The van der Waals surface area contributed by atoms with Crippen LogP contribution in [0.3, 0.4) is 0 Å². The van der Waals surface area contributed by atoms with Crippen LogP contribution in [0.2, 0.25) is 15.2 Å². The summed E-state index contributed by atoms with van der Waals surface area (Å²) in [4.78, 5) is 38.5. The molecule has 5 aromatic carbocycles. The number of aromatic nitrogens is 5. The molecule has 0 bridgehead atoms. The molecule has 0 aliphatic rings.